The molecule has 0 amide bonds. The van der Waals surface area contributed by atoms with E-state index in [2.05, 4.69) is 16.5 Å². The first-order chi connectivity index (χ1) is 6.70. The van der Waals surface area contributed by atoms with Gasteiger partial charge in [-0.1, -0.05) is 6.58 Å². The zero-order valence-electron chi connectivity index (χ0n) is 7.32. The van der Waals surface area contributed by atoms with Crippen molar-refractivity contribution in [2.75, 3.05) is 0 Å². The van der Waals surface area contributed by atoms with E-state index in [0.717, 1.165) is 6.07 Å². The van der Waals surface area contributed by atoms with Gasteiger partial charge in [0.1, 0.15) is 11.3 Å². The van der Waals surface area contributed by atoms with Crippen molar-refractivity contribution >= 4 is 17.1 Å². The molecule has 0 saturated carbocycles. The van der Waals surface area contributed by atoms with Crippen molar-refractivity contribution in [3.8, 4) is 5.75 Å². The summed E-state index contributed by atoms with van der Waals surface area (Å²) in [6, 6.07) is 4.49. The second-order valence-corrected chi connectivity index (χ2v) is 2.86. The van der Waals surface area contributed by atoms with Crippen LogP contribution in [0.15, 0.2) is 29.6 Å². The fourth-order valence-electron chi connectivity index (χ4n) is 1.25. The topological polar surface area (TPSA) is 66.0 Å². The third-order valence-electron chi connectivity index (χ3n) is 1.89. The molecule has 0 atom stereocenters. The number of nitrogens with one attached hydrogen (secondary N) is 1. The highest BCUT2D eigenvalue weighted by Gasteiger charge is 2.03. The number of rotatable bonds is 1. The number of aromatic nitrogens is 2. The normalized spacial score (nSPS) is 10.3. The molecule has 0 aromatic carbocycles. The molecule has 2 aromatic rings. The quantitative estimate of drug-likeness (QED) is 0.708. The summed E-state index contributed by atoms with van der Waals surface area (Å²) in [5.41, 5.74) is 1.20. The number of nitrogens with zero attached hydrogens (tertiary/aromatic N) is 1. The number of aromatic hydroxyl groups is 1. The lowest BCUT2D eigenvalue weighted by Gasteiger charge is -2.00. The molecule has 2 rings (SSSR count). The molecule has 2 aromatic heterocycles. The molecule has 0 aliphatic heterocycles. The van der Waals surface area contributed by atoms with Gasteiger partial charge in [-0.05, 0) is 18.2 Å². The number of fused-ring (bicyclic) bond motifs is 1. The van der Waals surface area contributed by atoms with Crippen LogP contribution in [0.4, 0.5) is 0 Å². The van der Waals surface area contributed by atoms with E-state index in [0.29, 0.717) is 16.7 Å². The monoisotopic (exact) mass is 188 g/mol. The van der Waals surface area contributed by atoms with Crippen molar-refractivity contribution in [3.63, 3.8) is 0 Å². The number of pyridine rings is 2. The van der Waals surface area contributed by atoms with E-state index in [4.69, 9.17) is 0 Å². The second-order valence-electron chi connectivity index (χ2n) is 2.86. The molecule has 0 spiro atoms. The molecule has 0 saturated heterocycles. The van der Waals surface area contributed by atoms with E-state index < -0.39 is 0 Å². The van der Waals surface area contributed by atoms with Crippen molar-refractivity contribution in [1.82, 2.24) is 9.97 Å². The van der Waals surface area contributed by atoms with Crippen LogP contribution < -0.4 is 5.56 Å². The first-order valence-electron chi connectivity index (χ1n) is 4.06. The van der Waals surface area contributed by atoms with Gasteiger partial charge in [0.2, 0.25) is 0 Å². The van der Waals surface area contributed by atoms with Crippen LogP contribution in [0.1, 0.15) is 5.69 Å². The van der Waals surface area contributed by atoms with Crippen LogP contribution in [-0.4, -0.2) is 15.1 Å². The first-order valence-corrected chi connectivity index (χ1v) is 4.06. The molecular weight excluding hydrogens is 180 g/mol. The molecular formula is C10H8N2O2. The number of hydrogen-bond donors (Lipinski definition) is 2. The van der Waals surface area contributed by atoms with Crippen LogP contribution in [0.25, 0.3) is 17.1 Å². The summed E-state index contributed by atoms with van der Waals surface area (Å²) in [6.07, 6.45) is 1.57. The fraction of sp³-hybridized carbons (Fsp3) is 0. The Kier molecular flexibility index (Phi) is 1.81. The van der Waals surface area contributed by atoms with Gasteiger partial charge >= 0.3 is 0 Å². The molecule has 0 bridgehead atoms. The van der Waals surface area contributed by atoms with Gasteiger partial charge in [-0.2, -0.15) is 0 Å². The lowest BCUT2D eigenvalue weighted by atomic mass is 10.2. The molecule has 0 unspecified atom stereocenters. The molecule has 70 valence electrons. The lowest BCUT2D eigenvalue weighted by molar-refractivity contribution is 0.479. The van der Waals surface area contributed by atoms with Gasteiger partial charge in [-0.15, -0.1) is 0 Å². The third kappa shape index (κ3) is 1.26. The molecule has 0 aliphatic carbocycles. The first kappa shape index (κ1) is 8.50. The molecule has 0 radical (unpaired) electrons. The Labute approximate surface area is 79.5 Å². The van der Waals surface area contributed by atoms with Crippen LogP contribution in [0, 0.1) is 0 Å². The van der Waals surface area contributed by atoms with Crippen LogP contribution in [-0.2, 0) is 0 Å². The minimum atomic E-state index is -0.344. The molecule has 4 nitrogen and oxygen atoms in total. The minimum Gasteiger partial charge on any atom is -0.505 e. The maximum atomic E-state index is 11.0. The Morgan fingerprint density at radius 2 is 2.29 bits per heavy atom. The van der Waals surface area contributed by atoms with E-state index in [-0.39, 0.29) is 11.3 Å². The largest absolute Gasteiger partial charge is 0.505 e. The lowest BCUT2D eigenvalue weighted by Crippen LogP contribution is -2.03. The van der Waals surface area contributed by atoms with Crippen molar-refractivity contribution in [1.29, 1.82) is 0 Å². The maximum absolute atomic E-state index is 11.0. The molecule has 0 fully saturated rings. The maximum Gasteiger partial charge on any atom is 0.252 e. The standard InChI is InChI=1S/C10H8N2O2/c1-2-6-3-4-7-10(11-6)8(13)5-9(14)12-7/h2-5H,1H2,(H2,12,13,14). The van der Waals surface area contributed by atoms with Gasteiger partial charge < -0.3 is 10.1 Å². The Balaban J connectivity index is 2.88. The summed E-state index contributed by atoms with van der Waals surface area (Å²) in [5, 5.41) is 9.46. The highest BCUT2D eigenvalue weighted by atomic mass is 16.3. The molecule has 0 aliphatic rings. The van der Waals surface area contributed by atoms with Gasteiger partial charge in [0.05, 0.1) is 11.2 Å². The SMILES string of the molecule is C=Cc1ccc2[nH]c(=O)cc(O)c2n1. The summed E-state index contributed by atoms with van der Waals surface area (Å²) >= 11 is 0. The number of hydrogen-bond acceptors (Lipinski definition) is 3. The van der Waals surface area contributed by atoms with Crippen molar-refractivity contribution in [2.45, 2.75) is 0 Å². The Morgan fingerprint density at radius 3 is 3.00 bits per heavy atom. The molecule has 2 heterocycles. The molecule has 14 heavy (non-hydrogen) atoms. The van der Waals surface area contributed by atoms with Gasteiger partial charge in [0.25, 0.3) is 5.56 Å². The average Bonchev–Trinajstić information content (AvgIpc) is 2.17. The smallest absolute Gasteiger partial charge is 0.252 e. The summed E-state index contributed by atoms with van der Waals surface area (Å²) in [5.74, 6) is -0.118. The number of H-pyrrole nitrogens is 1. The van der Waals surface area contributed by atoms with Crippen LogP contribution in [0.5, 0.6) is 5.75 Å². The van der Waals surface area contributed by atoms with Crippen molar-refractivity contribution < 1.29 is 5.11 Å². The van der Waals surface area contributed by atoms with Gasteiger partial charge in [0, 0.05) is 6.07 Å². The molecule has 2 N–H and O–H groups in total. The predicted molar refractivity (Wildman–Crippen MR) is 54.1 cm³/mol. The summed E-state index contributed by atoms with van der Waals surface area (Å²) in [7, 11) is 0. The Bertz CT molecular complexity index is 558. The predicted octanol–water partition coefficient (Wildman–Crippen LogP) is 1.27. The highest BCUT2D eigenvalue weighted by Crippen LogP contribution is 2.18. The van der Waals surface area contributed by atoms with Gasteiger partial charge in [0.15, 0.2) is 0 Å². The van der Waals surface area contributed by atoms with Gasteiger partial charge in [-0.25, -0.2) is 4.98 Å². The van der Waals surface area contributed by atoms with Crippen LogP contribution >= 0.6 is 0 Å². The third-order valence-corrected chi connectivity index (χ3v) is 1.89. The van der Waals surface area contributed by atoms with E-state index in [1.807, 2.05) is 0 Å². The Morgan fingerprint density at radius 1 is 1.50 bits per heavy atom. The zero-order valence-corrected chi connectivity index (χ0v) is 7.32. The number of aromatic amines is 1. The highest BCUT2D eigenvalue weighted by molar-refractivity contribution is 5.81. The summed E-state index contributed by atoms with van der Waals surface area (Å²) in [4.78, 5) is 17.7. The van der Waals surface area contributed by atoms with Crippen molar-refractivity contribution in [3.05, 3.63) is 40.8 Å². The summed E-state index contributed by atoms with van der Waals surface area (Å²) < 4.78 is 0. The van der Waals surface area contributed by atoms with Gasteiger partial charge in [-0.3, -0.25) is 4.79 Å². The minimum absolute atomic E-state index is 0.118. The van der Waals surface area contributed by atoms with E-state index in [1.54, 1.807) is 18.2 Å². The van der Waals surface area contributed by atoms with Crippen LogP contribution in [0.2, 0.25) is 0 Å². The van der Waals surface area contributed by atoms with Crippen LogP contribution in [0.3, 0.4) is 0 Å². The molecule has 4 heteroatoms. The Hall–Kier alpha value is -2.10. The summed E-state index contributed by atoms with van der Waals surface area (Å²) in [6.45, 7) is 3.57. The fourth-order valence-corrected chi connectivity index (χ4v) is 1.25. The van der Waals surface area contributed by atoms with Crippen molar-refractivity contribution in [2.24, 2.45) is 0 Å². The average molecular weight is 188 g/mol. The van der Waals surface area contributed by atoms with E-state index in [9.17, 15) is 9.90 Å². The second kappa shape index (κ2) is 2.99. The van der Waals surface area contributed by atoms with E-state index in [1.165, 1.54) is 0 Å². The van der Waals surface area contributed by atoms with E-state index >= 15 is 0 Å². The zero-order chi connectivity index (χ0) is 10.1.